The number of halogens is 1. The number of hydrogen-bond donors (Lipinski definition) is 0. The minimum Gasteiger partial charge on any atom is -0.365 e. The highest BCUT2D eigenvalue weighted by Gasteiger charge is 2.31. The van der Waals surface area contributed by atoms with Crippen molar-refractivity contribution in [3.63, 3.8) is 0 Å². The maximum atomic E-state index is 9.30. The molecule has 1 aromatic heterocycles. The smallest absolute Gasteiger partial charge is 0.257 e. The number of hydrogen-bond acceptors (Lipinski definition) is 6. The molecule has 22 heavy (non-hydrogen) atoms. The van der Waals surface area contributed by atoms with E-state index in [0.717, 1.165) is 5.69 Å². The molecule has 0 N–H and O–H groups in total. The van der Waals surface area contributed by atoms with Crippen LogP contribution < -0.4 is 4.90 Å². The quantitative estimate of drug-likeness (QED) is 0.847. The van der Waals surface area contributed by atoms with Crippen LogP contribution in [0.25, 0.3) is 0 Å². The molecule has 2 aromatic rings. The van der Waals surface area contributed by atoms with Gasteiger partial charge in [0.25, 0.3) is 5.89 Å². The fourth-order valence-electron chi connectivity index (χ4n) is 2.59. The van der Waals surface area contributed by atoms with Gasteiger partial charge in [-0.25, -0.2) is 0 Å². The van der Waals surface area contributed by atoms with E-state index in [2.05, 4.69) is 21.1 Å². The molecule has 1 fully saturated rings. The van der Waals surface area contributed by atoms with Crippen molar-refractivity contribution >= 4 is 17.3 Å². The van der Waals surface area contributed by atoms with Crippen molar-refractivity contribution in [3.8, 4) is 6.07 Å². The average Bonchev–Trinajstić information content (AvgIpc) is 2.93. The SMILES string of the molecule is Cc1noc([C@H]2CN(c3cc(Cl)ccc3C#N)C[C@@H](C)O2)n1. The molecule has 2 heterocycles. The maximum Gasteiger partial charge on any atom is 0.257 e. The van der Waals surface area contributed by atoms with E-state index in [9.17, 15) is 5.26 Å². The summed E-state index contributed by atoms with van der Waals surface area (Å²) in [6.45, 7) is 4.93. The highest BCUT2D eigenvalue weighted by atomic mass is 35.5. The summed E-state index contributed by atoms with van der Waals surface area (Å²) in [6, 6.07) is 7.44. The summed E-state index contributed by atoms with van der Waals surface area (Å²) in [7, 11) is 0. The number of nitriles is 1. The number of nitrogens with zero attached hydrogens (tertiary/aromatic N) is 4. The van der Waals surface area contributed by atoms with Crippen molar-refractivity contribution < 1.29 is 9.26 Å². The number of morpholine rings is 1. The zero-order valence-corrected chi connectivity index (χ0v) is 13.0. The Morgan fingerprint density at radius 3 is 2.91 bits per heavy atom. The molecule has 1 aromatic carbocycles. The molecule has 7 heteroatoms. The predicted molar refractivity (Wildman–Crippen MR) is 80.7 cm³/mol. The van der Waals surface area contributed by atoms with Crippen LogP contribution in [0.2, 0.25) is 5.02 Å². The van der Waals surface area contributed by atoms with Crippen LogP contribution in [-0.4, -0.2) is 29.3 Å². The van der Waals surface area contributed by atoms with Gasteiger partial charge >= 0.3 is 0 Å². The summed E-state index contributed by atoms with van der Waals surface area (Å²) in [6.07, 6.45) is -0.355. The molecule has 6 nitrogen and oxygen atoms in total. The molecule has 3 rings (SSSR count). The van der Waals surface area contributed by atoms with Crippen LogP contribution in [0.4, 0.5) is 5.69 Å². The maximum absolute atomic E-state index is 9.30. The highest BCUT2D eigenvalue weighted by molar-refractivity contribution is 6.30. The number of aryl methyl sites for hydroxylation is 1. The Hall–Kier alpha value is -2.10. The van der Waals surface area contributed by atoms with E-state index in [-0.39, 0.29) is 12.2 Å². The minimum atomic E-state index is -0.324. The van der Waals surface area contributed by atoms with Crippen LogP contribution in [0.3, 0.4) is 0 Å². The first kappa shape index (κ1) is 14.8. The van der Waals surface area contributed by atoms with E-state index in [1.165, 1.54) is 0 Å². The monoisotopic (exact) mass is 318 g/mol. The van der Waals surface area contributed by atoms with E-state index in [0.29, 0.717) is 35.4 Å². The molecule has 0 unspecified atom stereocenters. The fourth-order valence-corrected chi connectivity index (χ4v) is 2.76. The lowest BCUT2D eigenvalue weighted by Gasteiger charge is -2.37. The van der Waals surface area contributed by atoms with Crippen LogP contribution in [0.5, 0.6) is 0 Å². The first-order chi connectivity index (χ1) is 10.6. The van der Waals surface area contributed by atoms with Crippen molar-refractivity contribution in [2.75, 3.05) is 18.0 Å². The molecular weight excluding hydrogens is 304 g/mol. The Morgan fingerprint density at radius 2 is 2.23 bits per heavy atom. The molecule has 114 valence electrons. The van der Waals surface area contributed by atoms with Crippen LogP contribution in [0, 0.1) is 18.3 Å². The molecule has 0 radical (unpaired) electrons. The standard InChI is InChI=1S/C15H15ClN4O2/c1-9-7-20(13-5-12(16)4-3-11(13)6-17)8-14(21-9)15-18-10(2)19-22-15/h3-5,9,14H,7-8H2,1-2H3/t9-,14-/m1/s1. The van der Waals surface area contributed by atoms with Crippen LogP contribution in [-0.2, 0) is 4.74 Å². The molecule has 0 aliphatic carbocycles. The summed E-state index contributed by atoms with van der Waals surface area (Å²) in [5.41, 5.74) is 1.38. The first-order valence-corrected chi connectivity index (χ1v) is 7.35. The summed E-state index contributed by atoms with van der Waals surface area (Å²) in [5, 5.41) is 13.7. The molecule has 0 spiro atoms. The molecular formula is C15H15ClN4O2. The fraction of sp³-hybridized carbons (Fsp3) is 0.400. The lowest BCUT2D eigenvalue weighted by atomic mass is 10.1. The third-order valence-electron chi connectivity index (χ3n) is 3.50. The van der Waals surface area contributed by atoms with Gasteiger partial charge in [0.1, 0.15) is 6.07 Å². The minimum absolute atomic E-state index is 0.0310. The van der Waals surface area contributed by atoms with Gasteiger partial charge < -0.3 is 14.2 Å². The number of ether oxygens (including phenoxy) is 1. The number of aromatic nitrogens is 2. The molecule has 1 aliphatic heterocycles. The van der Waals surface area contributed by atoms with Crippen molar-refractivity contribution in [1.29, 1.82) is 5.26 Å². The van der Waals surface area contributed by atoms with Gasteiger partial charge in [0.2, 0.25) is 0 Å². The number of rotatable bonds is 2. The second kappa shape index (κ2) is 5.95. The molecule has 0 saturated carbocycles. The second-order valence-electron chi connectivity index (χ2n) is 5.29. The van der Waals surface area contributed by atoms with Gasteiger partial charge in [-0.2, -0.15) is 10.2 Å². The third kappa shape index (κ3) is 2.91. The summed E-state index contributed by atoms with van der Waals surface area (Å²) in [5.74, 6) is 1.03. The zero-order valence-electron chi connectivity index (χ0n) is 12.3. The van der Waals surface area contributed by atoms with Crippen LogP contribution in [0.15, 0.2) is 22.7 Å². The highest BCUT2D eigenvalue weighted by Crippen LogP contribution is 2.31. The van der Waals surface area contributed by atoms with E-state index in [1.807, 2.05) is 6.92 Å². The van der Waals surface area contributed by atoms with Crippen molar-refractivity contribution in [1.82, 2.24) is 10.1 Å². The number of benzene rings is 1. The van der Waals surface area contributed by atoms with Crippen molar-refractivity contribution in [2.24, 2.45) is 0 Å². The Kier molecular flexibility index (Phi) is 4.01. The summed E-state index contributed by atoms with van der Waals surface area (Å²) >= 11 is 6.08. The topological polar surface area (TPSA) is 75.2 Å². The predicted octanol–water partition coefficient (Wildman–Crippen LogP) is 2.87. The van der Waals surface area contributed by atoms with E-state index in [1.54, 1.807) is 25.1 Å². The first-order valence-electron chi connectivity index (χ1n) is 6.97. The molecule has 1 aliphatic rings. The molecule has 1 saturated heterocycles. The molecule has 0 bridgehead atoms. The van der Waals surface area contributed by atoms with Gasteiger partial charge in [0.15, 0.2) is 11.9 Å². The van der Waals surface area contributed by atoms with Gasteiger partial charge in [-0.1, -0.05) is 16.8 Å². The summed E-state index contributed by atoms with van der Waals surface area (Å²) in [4.78, 5) is 6.31. The van der Waals surface area contributed by atoms with E-state index in [4.69, 9.17) is 20.9 Å². The van der Waals surface area contributed by atoms with E-state index >= 15 is 0 Å². The lowest BCUT2D eigenvalue weighted by Crippen LogP contribution is -2.43. The van der Waals surface area contributed by atoms with Crippen LogP contribution >= 0.6 is 11.6 Å². The lowest BCUT2D eigenvalue weighted by molar-refractivity contribution is -0.0331. The van der Waals surface area contributed by atoms with Gasteiger partial charge in [0, 0.05) is 11.6 Å². The van der Waals surface area contributed by atoms with Crippen LogP contribution in [0.1, 0.15) is 30.3 Å². The largest absolute Gasteiger partial charge is 0.365 e. The molecule has 0 amide bonds. The number of anilines is 1. The van der Waals surface area contributed by atoms with Gasteiger partial charge in [-0.05, 0) is 32.0 Å². The third-order valence-corrected chi connectivity index (χ3v) is 3.74. The van der Waals surface area contributed by atoms with Gasteiger partial charge in [0.05, 0.1) is 23.9 Å². The van der Waals surface area contributed by atoms with Crippen molar-refractivity contribution in [2.45, 2.75) is 26.1 Å². The van der Waals surface area contributed by atoms with Gasteiger partial charge in [-0.15, -0.1) is 0 Å². The average molecular weight is 319 g/mol. The Morgan fingerprint density at radius 1 is 1.41 bits per heavy atom. The van der Waals surface area contributed by atoms with Gasteiger partial charge in [-0.3, -0.25) is 0 Å². The second-order valence-corrected chi connectivity index (χ2v) is 5.73. The normalized spacial score (nSPS) is 21.6. The zero-order chi connectivity index (χ0) is 15.7. The Labute approximate surface area is 133 Å². The van der Waals surface area contributed by atoms with Crippen molar-refractivity contribution in [3.05, 3.63) is 40.5 Å². The Bertz CT molecular complexity index is 725. The Balaban J connectivity index is 1.91. The summed E-state index contributed by atoms with van der Waals surface area (Å²) < 4.78 is 11.1. The van der Waals surface area contributed by atoms with E-state index < -0.39 is 0 Å². The molecule has 2 atom stereocenters.